The second kappa shape index (κ2) is 8.67. The van der Waals surface area contributed by atoms with Crippen LogP contribution in [0.25, 0.3) is 0 Å². The Morgan fingerprint density at radius 2 is 1.33 bits per heavy atom. The predicted octanol–water partition coefficient (Wildman–Crippen LogP) is 2.93. The number of imide groups is 1. The maximum Gasteiger partial charge on any atom is 0.420 e. The molecule has 0 bridgehead atoms. The lowest BCUT2D eigenvalue weighted by molar-refractivity contribution is -0.0205. The molecule has 0 aromatic rings. The number of carbonyl (C=O) groups excluding carboxylic acids is 2. The molecule has 7 nitrogen and oxygen atoms in total. The lowest BCUT2D eigenvalue weighted by Gasteiger charge is -2.35. The minimum Gasteiger partial charge on any atom is -0.443 e. The van der Waals surface area contributed by atoms with Crippen molar-refractivity contribution in [3.05, 3.63) is 0 Å². The van der Waals surface area contributed by atoms with Crippen LogP contribution < -0.4 is 0 Å². The molecule has 0 spiro atoms. The van der Waals surface area contributed by atoms with Crippen LogP contribution in [0.5, 0.6) is 0 Å². The van der Waals surface area contributed by atoms with Crippen molar-refractivity contribution >= 4 is 12.2 Å². The molecule has 0 aromatic carbocycles. The Hall–Kier alpha value is -1.34. The maximum absolute atomic E-state index is 12.6. The second-order valence-electron chi connectivity index (χ2n) is 8.21. The van der Waals surface area contributed by atoms with E-state index in [2.05, 4.69) is 0 Å². The fraction of sp³-hybridized carbons (Fsp3) is 0.882. The number of amides is 2. The van der Waals surface area contributed by atoms with Crippen LogP contribution in [0.1, 0.15) is 61.8 Å². The van der Waals surface area contributed by atoms with Crippen LogP contribution in [-0.2, 0) is 9.47 Å². The number of aliphatic hydroxyl groups excluding tert-OH is 2. The number of rotatable bonds is 5. The Bertz CT molecular complexity index is 394. The Morgan fingerprint density at radius 3 is 1.58 bits per heavy atom. The van der Waals surface area contributed by atoms with E-state index in [1.54, 1.807) is 41.5 Å². The molecule has 0 radical (unpaired) electrons. The lowest BCUT2D eigenvalue weighted by Crippen LogP contribution is -2.52. The van der Waals surface area contributed by atoms with Crippen molar-refractivity contribution in [3.8, 4) is 0 Å². The third-order valence-corrected chi connectivity index (χ3v) is 3.01. The Morgan fingerprint density at radius 1 is 0.958 bits per heavy atom. The van der Waals surface area contributed by atoms with Crippen molar-refractivity contribution in [3.63, 3.8) is 0 Å². The standard InChI is InChI=1S/C17H33NO6/c1-11(2)13(9-12(20)10-19)18(14(21)23-16(3,4)5)15(22)24-17(6,7)8/h11-13,19-20H,9-10H2,1-8H3/t12-,13-/m1/s1. The fourth-order valence-corrected chi connectivity index (χ4v) is 2.00. The highest BCUT2D eigenvalue weighted by molar-refractivity contribution is 5.88. The number of ether oxygens (including phenoxy) is 2. The number of carbonyl (C=O) groups is 2. The van der Waals surface area contributed by atoms with Crippen LogP contribution in [0.15, 0.2) is 0 Å². The monoisotopic (exact) mass is 347 g/mol. The van der Waals surface area contributed by atoms with E-state index in [1.807, 2.05) is 13.8 Å². The first-order valence-corrected chi connectivity index (χ1v) is 8.22. The third kappa shape index (κ3) is 8.49. The van der Waals surface area contributed by atoms with Crippen LogP contribution in [0, 0.1) is 5.92 Å². The highest BCUT2D eigenvalue weighted by atomic mass is 16.6. The minimum atomic E-state index is -1.05. The van der Waals surface area contributed by atoms with E-state index in [1.165, 1.54) is 0 Å². The van der Waals surface area contributed by atoms with Crippen LogP contribution in [0.3, 0.4) is 0 Å². The van der Waals surface area contributed by atoms with E-state index in [0.717, 1.165) is 4.90 Å². The molecule has 24 heavy (non-hydrogen) atoms. The van der Waals surface area contributed by atoms with Crippen molar-refractivity contribution in [2.24, 2.45) is 5.92 Å². The van der Waals surface area contributed by atoms with E-state index in [4.69, 9.17) is 14.6 Å². The van der Waals surface area contributed by atoms with Crippen LogP contribution in [0.2, 0.25) is 0 Å². The van der Waals surface area contributed by atoms with E-state index in [0.29, 0.717) is 0 Å². The molecular formula is C17H33NO6. The van der Waals surface area contributed by atoms with Gasteiger partial charge in [-0.15, -0.1) is 0 Å². The van der Waals surface area contributed by atoms with E-state index in [9.17, 15) is 14.7 Å². The van der Waals surface area contributed by atoms with Gasteiger partial charge in [0.25, 0.3) is 0 Å². The summed E-state index contributed by atoms with van der Waals surface area (Å²) in [5.74, 6) is -0.161. The molecule has 0 aromatic heterocycles. The van der Waals surface area contributed by atoms with Gasteiger partial charge in [-0.25, -0.2) is 14.5 Å². The van der Waals surface area contributed by atoms with Crippen molar-refractivity contribution in [1.29, 1.82) is 0 Å². The van der Waals surface area contributed by atoms with Gasteiger partial charge < -0.3 is 19.7 Å². The summed E-state index contributed by atoms with van der Waals surface area (Å²) in [6.07, 6.45) is -2.68. The van der Waals surface area contributed by atoms with Crippen molar-refractivity contribution in [1.82, 2.24) is 4.90 Å². The summed E-state index contributed by atoms with van der Waals surface area (Å²) in [6, 6.07) is -0.670. The van der Waals surface area contributed by atoms with E-state index in [-0.39, 0.29) is 12.3 Å². The van der Waals surface area contributed by atoms with Gasteiger partial charge in [0.2, 0.25) is 0 Å². The predicted molar refractivity (Wildman–Crippen MR) is 90.6 cm³/mol. The van der Waals surface area contributed by atoms with Crippen molar-refractivity contribution in [2.45, 2.75) is 85.2 Å². The summed E-state index contributed by atoms with van der Waals surface area (Å²) in [7, 11) is 0. The zero-order valence-corrected chi connectivity index (χ0v) is 16.1. The molecule has 0 saturated heterocycles. The summed E-state index contributed by atoms with van der Waals surface area (Å²) in [4.78, 5) is 26.0. The number of nitrogens with zero attached hydrogens (tertiary/aromatic N) is 1. The van der Waals surface area contributed by atoms with Gasteiger partial charge in [-0.2, -0.15) is 0 Å². The molecule has 0 saturated carbocycles. The van der Waals surface area contributed by atoms with Crippen molar-refractivity contribution in [2.75, 3.05) is 6.61 Å². The topological polar surface area (TPSA) is 96.3 Å². The van der Waals surface area contributed by atoms with Crippen LogP contribution in [-0.4, -0.2) is 57.3 Å². The van der Waals surface area contributed by atoms with Gasteiger partial charge in [-0.3, -0.25) is 0 Å². The molecule has 0 unspecified atom stereocenters. The zero-order valence-electron chi connectivity index (χ0n) is 16.1. The highest BCUT2D eigenvalue weighted by Crippen LogP contribution is 2.23. The number of hydrogen-bond acceptors (Lipinski definition) is 6. The highest BCUT2D eigenvalue weighted by Gasteiger charge is 2.38. The molecule has 0 heterocycles. The molecule has 7 heteroatoms. The van der Waals surface area contributed by atoms with Gasteiger partial charge in [-0.05, 0) is 53.9 Å². The maximum atomic E-state index is 12.6. The first kappa shape index (κ1) is 22.7. The third-order valence-electron chi connectivity index (χ3n) is 3.01. The van der Waals surface area contributed by atoms with Gasteiger partial charge in [0, 0.05) is 0 Å². The molecule has 2 N–H and O–H groups in total. The van der Waals surface area contributed by atoms with Gasteiger partial charge >= 0.3 is 12.2 Å². The van der Waals surface area contributed by atoms with Gasteiger partial charge in [-0.1, -0.05) is 13.8 Å². The fourth-order valence-electron chi connectivity index (χ4n) is 2.00. The summed E-state index contributed by atoms with van der Waals surface area (Å²) in [6.45, 7) is 13.4. The molecule has 0 aliphatic heterocycles. The Labute approximate surface area is 144 Å². The van der Waals surface area contributed by atoms with Crippen LogP contribution >= 0.6 is 0 Å². The zero-order chi connectivity index (χ0) is 19.3. The van der Waals surface area contributed by atoms with Crippen molar-refractivity contribution < 1.29 is 29.3 Å². The summed E-state index contributed by atoms with van der Waals surface area (Å²) in [5, 5.41) is 18.9. The molecule has 0 fully saturated rings. The first-order valence-electron chi connectivity index (χ1n) is 8.22. The normalized spacial score (nSPS) is 15.0. The Kier molecular flexibility index (Phi) is 8.18. The van der Waals surface area contributed by atoms with Gasteiger partial charge in [0.1, 0.15) is 11.2 Å². The first-order chi connectivity index (χ1) is 10.7. The molecule has 142 valence electrons. The largest absolute Gasteiger partial charge is 0.443 e. The SMILES string of the molecule is CC(C)[C@@H](C[C@@H](O)CO)N(C(=O)OC(C)(C)C)C(=O)OC(C)(C)C. The minimum absolute atomic E-state index is 0.0344. The number of hydrogen-bond donors (Lipinski definition) is 2. The quantitative estimate of drug-likeness (QED) is 0.794. The smallest absolute Gasteiger partial charge is 0.420 e. The van der Waals surface area contributed by atoms with Crippen LogP contribution in [0.4, 0.5) is 9.59 Å². The van der Waals surface area contributed by atoms with Gasteiger partial charge in [0.05, 0.1) is 18.8 Å². The number of aliphatic hydroxyl groups is 2. The molecule has 0 aliphatic carbocycles. The molecular weight excluding hydrogens is 314 g/mol. The molecule has 2 amide bonds. The average molecular weight is 347 g/mol. The van der Waals surface area contributed by atoms with E-state index >= 15 is 0 Å². The lowest BCUT2D eigenvalue weighted by atomic mass is 9.97. The molecule has 0 rings (SSSR count). The van der Waals surface area contributed by atoms with Gasteiger partial charge in [0.15, 0.2) is 0 Å². The second-order valence-corrected chi connectivity index (χ2v) is 8.21. The summed E-state index contributed by atoms with van der Waals surface area (Å²) >= 11 is 0. The molecule has 0 aliphatic rings. The molecule has 2 atom stereocenters. The summed E-state index contributed by atoms with van der Waals surface area (Å²) in [5.41, 5.74) is -1.57. The van der Waals surface area contributed by atoms with E-state index < -0.39 is 42.1 Å². The summed E-state index contributed by atoms with van der Waals surface area (Å²) < 4.78 is 10.6. The average Bonchev–Trinajstić information content (AvgIpc) is 2.32. The Balaban J connectivity index is 5.63.